The molecule has 0 aromatic carbocycles. The van der Waals surface area contributed by atoms with Crippen molar-refractivity contribution in [3.05, 3.63) is 10.6 Å². The molecule has 1 amide bonds. The lowest BCUT2D eigenvalue weighted by Gasteiger charge is -2.20. The van der Waals surface area contributed by atoms with Gasteiger partial charge >= 0.3 is 0 Å². The van der Waals surface area contributed by atoms with Gasteiger partial charge in [0.05, 0.1) is 0 Å². The molecule has 1 aromatic rings. The highest BCUT2D eigenvalue weighted by atomic mass is 32.1. The SMILES string of the molecule is Cc1n[nH]c(=S)n1CCNC(=O)[C@@H]1C[C@H]2CC[C@H]1C2. The van der Waals surface area contributed by atoms with Crippen molar-refractivity contribution in [2.75, 3.05) is 6.54 Å². The van der Waals surface area contributed by atoms with E-state index in [1.165, 1.54) is 19.3 Å². The fourth-order valence-electron chi connectivity index (χ4n) is 3.65. The van der Waals surface area contributed by atoms with E-state index in [1.807, 2.05) is 11.5 Å². The third-order valence-corrected chi connectivity index (χ3v) is 4.97. The number of hydrogen-bond donors (Lipinski definition) is 2. The van der Waals surface area contributed by atoms with Crippen LogP contribution in [0, 0.1) is 29.4 Å². The lowest BCUT2D eigenvalue weighted by molar-refractivity contribution is -0.126. The topological polar surface area (TPSA) is 62.7 Å². The molecule has 2 bridgehead atoms. The van der Waals surface area contributed by atoms with Crippen LogP contribution in [0.15, 0.2) is 0 Å². The molecule has 2 N–H and O–H groups in total. The Hall–Kier alpha value is -1.17. The van der Waals surface area contributed by atoms with Crippen LogP contribution < -0.4 is 5.32 Å². The summed E-state index contributed by atoms with van der Waals surface area (Å²) in [5.41, 5.74) is 0. The molecule has 1 heterocycles. The Kier molecular flexibility index (Phi) is 3.43. The molecule has 0 saturated heterocycles. The normalized spacial score (nSPS) is 28.8. The molecule has 3 atom stereocenters. The molecule has 104 valence electrons. The average Bonchev–Trinajstić information content (AvgIpc) is 3.09. The molecule has 0 spiro atoms. The van der Waals surface area contributed by atoms with E-state index in [0.717, 1.165) is 18.2 Å². The van der Waals surface area contributed by atoms with Crippen molar-refractivity contribution in [1.29, 1.82) is 0 Å². The van der Waals surface area contributed by atoms with Gasteiger partial charge in [0, 0.05) is 19.0 Å². The van der Waals surface area contributed by atoms with E-state index < -0.39 is 0 Å². The summed E-state index contributed by atoms with van der Waals surface area (Å²) in [6.45, 7) is 3.22. The quantitative estimate of drug-likeness (QED) is 0.827. The lowest BCUT2D eigenvalue weighted by Crippen LogP contribution is -2.35. The van der Waals surface area contributed by atoms with E-state index in [1.54, 1.807) is 0 Å². The van der Waals surface area contributed by atoms with Gasteiger partial charge in [-0.1, -0.05) is 6.42 Å². The third kappa shape index (κ3) is 2.45. The largest absolute Gasteiger partial charge is 0.354 e. The number of hydrogen-bond acceptors (Lipinski definition) is 3. The molecule has 5 nitrogen and oxygen atoms in total. The van der Waals surface area contributed by atoms with Crippen molar-refractivity contribution in [3.8, 4) is 0 Å². The first-order valence-corrected chi connectivity index (χ1v) is 7.45. The first kappa shape index (κ1) is 12.8. The number of carbonyl (C=O) groups excluding carboxylic acids is 1. The van der Waals surface area contributed by atoms with E-state index >= 15 is 0 Å². The minimum atomic E-state index is 0.236. The summed E-state index contributed by atoms with van der Waals surface area (Å²) in [7, 11) is 0. The van der Waals surface area contributed by atoms with Gasteiger partial charge in [-0.3, -0.25) is 9.89 Å². The van der Waals surface area contributed by atoms with Crippen molar-refractivity contribution in [1.82, 2.24) is 20.1 Å². The Morgan fingerprint density at radius 1 is 1.53 bits per heavy atom. The maximum Gasteiger partial charge on any atom is 0.223 e. The minimum absolute atomic E-state index is 0.236. The van der Waals surface area contributed by atoms with Gasteiger partial charge in [0.2, 0.25) is 5.91 Å². The second-order valence-corrected chi connectivity index (χ2v) is 6.19. The van der Waals surface area contributed by atoms with Crippen molar-refractivity contribution < 1.29 is 4.79 Å². The molecule has 0 radical (unpaired) electrons. The van der Waals surface area contributed by atoms with Crippen LogP contribution in [0.3, 0.4) is 0 Å². The Labute approximate surface area is 117 Å². The van der Waals surface area contributed by atoms with Crippen LogP contribution in [0.4, 0.5) is 0 Å². The van der Waals surface area contributed by atoms with E-state index in [4.69, 9.17) is 12.2 Å². The monoisotopic (exact) mass is 280 g/mol. The number of carbonyl (C=O) groups is 1. The number of aromatic nitrogens is 3. The molecule has 0 unspecified atom stereocenters. The molecule has 2 fully saturated rings. The molecular weight excluding hydrogens is 260 g/mol. The van der Waals surface area contributed by atoms with Gasteiger partial charge in [0.15, 0.2) is 4.77 Å². The molecule has 2 aliphatic carbocycles. The number of nitrogens with one attached hydrogen (secondary N) is 2. The fraction of sp³-hybridized carbons (Fsp3) is 0.769. The van der Waals surface area contributed by atoms with Crippen LogP contribution in [0.5, 0.6) is 0 Å². The number of aryl methyl sites for hydroxylation is 1. The summed E-state index contributed by atoms with van der Waals surface area (Å²) in [6.07, 6.45) is 4.94. The summed E-state index contributed by atoms with van der Waals surface area (Å²) in [5, 5.41) is 9.87. The molecule has 6 heteroatoms. The van der Waals surface area contributed by atoms with E-state index in [0.29, 0.717) is 23.8 Å². The van der Waals surface area contributed by atoms with Gasteiger partial charge in [-0.25, -0.2) is 0 Å². The summed E-state index contributed by atoms with van der Waals surface area (Å²) in [6, 6.07) is 0. The van der Waals surface area contributed by atoms with Crippen LogP contribution in [0.2, 0.25) is 0 Å². The molecule has 1 aromatic heterocycles. The van der Waals surface area contributed by atoms with Gasteiger partial charge in [-0.15, -0.1) is 0 Å². The Morgan fingerprint density at radius 3 is 2.95 bits per heavy atom. The third-order valence-electron chi connectivity index (χ3n) is 4.66. The summed E-state index contributed by atoms with van der Waals surface area (Å²) < 4.78 is 2.53. The highest BCUT2D eigenvalue weighted by molar-refractivity contribution is 7.71. The van der Waals surface area contributed by atoms with Crippen LogP contribution in [0.25, 0.3) is 0 Å². The smallest absolute Gasteiger partial charge is 0.223 e. The minimum Gasteiger partial charge on any atom is -0.354 e. The van der Waals surface area contributed by atoms with Crippen LogP contribution >= 0.6 is 12.2 Å². The number of rotatable bonds is 4. The number of H-pyrrole nitrogens is 1. The van der Waals surface area contributed by atoms with Gasteiger partial charge in [0.25, 0.3) is 0 Å². The second kappa shape index (κ2) is 5.07. The van der Waals surface area contributed by atoms with Crippen LogP contribution in [-0.2, 0) is 11.3 Å². The van der Waals surface area contributed by atoms with Gasteiger partial charge in [0.1, 0.15) is 5.82 Å². The second-order valence-electron chi connectivity index (χ2n) is 5.80. The van der Waals surface area contributed by atoms with Gasteiger partial charge in [-0.05, 0) is 50.2 Å². The van der Waals surface area contributed by atoms with Crippen molar-refractivity contribution in [2.45, 2.75) is 39.2 Å². The standard InChI is InChI=1S/C13H20N4OS/c1-8-15-16-13(19)17(8)5-4-14-12(18)11-7-9-2-3-10(11)6-9/h9-11H,2-7H2,1H3,(H,14,18)(H,16,19)/t9-,10-,11+/m0/s1. The van der Waals surface area contributed by atoms with E-state index in [2.05, 4.69) is 15.5 Å². The van der Waals surface area contributed by atoms with Crippen molar-refractivity contribution in [2.24, 2.45) is 17.8 Å². The Morgan fingerprint density at radius 2 is 2.37 bits per heavy atom. The van der Waals surface area contributed by atoms with E-state index in [-0.39, 0.29) is 11.8 Å². The first-order valence-electron chi connectivity index (χ1n) is 7.04. The number of amides is 1. The summed E-state index contributed by atoms with van der Waals surface area (Å²) in [4.78, 5) is 12.2. The Balaban J connectivity index is 1.50. The molecular formula is C13H20N4OS. The maximum absolute atomic E-state index is 12.2. The summed E-state index contributed by atoms with van der Waals surface area (Å²) in [5.74, 6) is 2.81. The zero-order chi connectivity index (χ0) is 13.4. The zero-order valence-electron chi connectivity index (χ0n) is 11.2. The highest BCUT2D eigenvalue weighted by Gasteiger charge is 2.42. The fourth-order valence-corrected chi connectivity index (χ4v) is 3.92. The van der Waals surface area contributed by atoms with Crippen molar-refractivity contribution in [3.63, 3.8) is 0 Å². The number of aromatic amines is 1. The van der Waals surface area contributed by atoms with Crippen LogP contribution in [-0.4, -0.2) is 27.2 Å². The maximum atomic E-state index is 12.2. The van der Waals surface area contributed by atoms with Gasteiger partial charge in [-0.2, -0.15) is 5.10 Å². The zero-order valence-corrected chi connectivity index (χ0v) is 12.0. The van der Waals surface area contributed by atoms with E-state index in [9.17, 15) is 4.79 Å². The van der Waals surface area contributed by atoms with Crippen molar-refractivity contribution >= 4 is 18.1 Å². The first-order chi connectivity index (χ1) is 9.15. The molecule has 2 saturated carbocycles. The molecule has 19 heavy (non-hydrogen) atoms. The molecule has 3 rings (SSSR count). The van der Waals surface area contributed by atoms with Crippen LogP contribution in [0.1, 0.15) is 31.5 Å². The number of nitrogens with zero attached hydrogens (tertiary/aromatic N) is 2. The lowest BCUT2D eigenvalue weighted by atomic mass is 9.88. The Bertz CT molecular complexity index is 535. The molecule has 0 aliphatic heterocycles. The highest BCUT2D eigenvalue weighted by Crippen LogP contribution is 2.48. The molecule has 2 aliphatic rings. The van der Waals surface area contributed by atoms with Gasteiger partial charge < -0.3 is 9.88 Å². The summed E-state index contributed by atoms with van der Waals surface area (Å²) >= 11 is 5.13. The number of fused-ring (bicyclic) bond motifs is 2. The average molecular weight is 280 g/mol. The predicted octanol–water partition coefficient (Wildman–Crippen LogP) is 1.80. The predicted molar refractivity (Wildman–Crippen MR) is 74.1 cm³/mol.